The summed E-state index contributed by atoms with van der Waals surface area (Å²) in [6.07, 6.45) is 2.09. The second-order valence-electron chi connectivity index (χ2n) is 5.76. The van der Waals surface area contributed by atoms with Crippen LogP contribution in [0, 0.1) is 5.82 Å². The number of nitrogens with one attached hydrogen (secondary N) is 1. The molecule has 1 saturated heterocycles. The highest BCUT2D eigenvalue weighted by molar-refractivity contribution is 5.98. The SMILES string of the molecule is CN1CCN(c2nc(NC3CC3)c(C(N)=O)cc2F)CC1. The molecule has 0 spiro atoms. The largest absolute Gasteiger partial charge is 0.367 e. The fraction of sp³-hybridized carbons (Fsp3) is 0.571. The smallest absolute Gasteiger partial charge is 0.252 e. The van der Waals surface area contributed by atoms with E-state index in [4.69, 9.17) is 5.73 Å². The lowest BCUT2D eigenvalue weighted by Gasteiger charge is -2.33. The first-order valence-corrected chi connectivity index (χ1v) is 7.25. The number of piperazine rings is 1. The van der Waals surface area contributed by atoms with Gasteiger partial charge in [-0.3, -0.25) is 4.79 Å². The minimum absolute atomic E-state index is 0.122. The molecule has 21 heavy (non-hydrogen) atoms. The monoisotopic (exact) mass is 293 g/mol. The van der Waals surface area contributed by atoms with Crippen LogP contribution >= 0.6 is 0 Å². The van der Waals surface area contributed by atoms with Gasteiger partial charge in [-0.05, 0) is 26.0 Å². The average molecular weight is 293 g/mol. The lowest BCUT2D eigenvalue weighted by atomic mass is 10.2. The van der Waals surface area contributed by atoms with E-state index in [9.17, 15) is 9.18 Å². The van der Waals surface area contributed by atoms with E-state index in [2.05, 4.69) is 15.2 Å². The van der Waals surface area contributed by atoms with Crippen molar-refractivity contribution in [3.63, 3.8) is 0 Å². The first-order valence-electron chi connectivity index (χ1n) is 7.25. The maximum atomic E-state index is 14.3. The van der Waals surface area contributed by atoms with Crippen LogP contribution in [0.2, 0.25) is 0 Å². The fourth-order valence-electron chi connectivity index (χ4n) is 2.44. The average Bonchev–Trinajstić information content (AvgIpc) is 3.25. The van der Waals surface area contributed by atoms with Gasteiger partial charge in [0.1, 0.15) is 5.82 Å². The number of hydrogen-bond acceptors (Lipinski definition) is 5. The van der Waals surface area contributed by atoms with Gasteiger partial charge in [-0.2, -0.15) is 0 Å². The number of carbonyl (C=O) groups excluding carboxylic acids is 1. The highest BCUT2D eigenvalue weighted by Crippen LogP contribution is 2.29. The predicted molar refractivity (Wildman–Crippen MR) is 79.1 cm³/mol. The number of primary amides is 1. The molecule has 3 N–H and O–H groups in total. The number of nitrogens with two attached hydrogens (primary N) is 1. The molecule has 1 aromatic rings. The lowest BCUT2D eigenvalue weighted by molar-refractivity contribution is 0.100. The van der Waals surface area contributed by atoms with Gasteiger partial charge in [-0.1, -0.05) is 0 Å². The van der Waals surface area contributed by atoms with Crippen molar-refractivity contribution in [2.75, 3.05) is 43.4 Å². The number of amides is 1. The highest BCUT2D eigenvalue weighted by atomic mass is 19.1. The first kappa shape index (κ1) is 14.1. The molecule has 1 aliphatic carbocycles. The van der Waals surface area contributed by atoms with Gasteiger partial charge in [0.25, 0.3) is 5.91 Å². The van der Waals surface area contributed by atoms with Crippen LogP contribution in [0.3, 0.4) is 0 Å². The number of anilines is 2. The molecular formula is C14H20FN5O. The lowest BCUT2D eigenvalue weighted by Crippen LogP contribution is -2.45. The fourth-order valence-corrected chi connectivity index (χ4v) is 2.44. The third kappa shape index (κ3) is 3.07. The number of hydrogen-bond donors (Lipinski definition) is 2. The van der Waals surface area contributed by atoms with E-state index in [1.165, 1.54) is 6.07 Å². The van der Waals surface area contributed by atoms with Gasteiger partial charge in [0.2, 0.25) is 0 Å². The molecular weight excluding hydrogens is 273 g/mol. The summed E-state index contributed by atoms with van der Waals surface area (Å²) in [5, 5.41) is 3.17. The number of likely N-dealkylation sites (N-methyl/N-ethyl adjacent to an activating group) is 1. The Balaban J connectivity index is 1.90. The second-order valence-corrected chi connectivity index (χ2v) is 5.76. The van der Waals surface area contributed by atoms with Crippen LogP contribution in [0.5, 0.6) is 0 Å². The third-order valence-corrected chi connectivity index (χ3v) is 3.94. The topological polar surface area (TPSA) is 74.5 Å². The predicted octanol–water partition coefficient (Wildman–Crippen LogP) is 0.646. The summed E-state index contributed by atoms with van der Waals surface area (Å²) in [7, 11) is 2.04. The maximum absolute atomic E-state index is 14.3. The third-order valence-electron chi connectivity index (χ3n) is 3.94. The van der Waals surface area contributed by atoms with Gasteiger partial charge in [0.05, 0.1) is 5.56 Å². The van der Waals surface area contributed by atoms with E-state index < -0.39 is 11.7 Å². The Morgan fingerprint density at radius 1 is 1.38 bits per heavy atom. The minimum Gasteiger partial charge on any atom is -0.367 e. The van der Waals surface area contributed by atoms with Crippen LogP contribution < -0.4 is 16.0 Å². The second kappa shape index (κ2) is 5.48. The summed E-state index contributed by atoms with van der Waals surface area (Å²) in [4.78, 5) is 19.9. The zero-order valence-electron chi connectivity index (χ0n) is 12.1. The van der Waals surface area contributed by atoms with Gasteiger partial charge in [0, 0.05) is 32.2 Å². The van der Waals surface area contributed by atoms with E-state index in [0.717, 1.165) is 39.0 Å². The normalized spacial score (nSPS) is 19.6. The van der Waals surface area contributed by atoms with Crippen molar-refractivity contribution in [1.82, 2.24) is 9.88 Å². The van der Waals surface area contributed by atoms with Gasteiger partial charge in [0.15, 0.2) is 11.6 Å². The van der Waals surface area contributed by atoms with Crippen molar-refractivity contribution in [2.45, 2.75) is 18.9 Å². The quantitative estimate of drug-likeness (QED) is 0.852. The summed E-state index contributed by atoms with van der Waals surface area (Å²) >= 11 is 0. The molecule has 3 rings (SSSR count). The van der Waals surface area contributed by atoms with Crippen molar-refractivity contribution in [3.05, 3.63) is 17.4 Å². The summed E-state index contributed by atoms with van der Waals surface area (Å²) < 4.78 is 14.3. The molecule has 2 aliphatic rings. The van der Waals surface area contributed by atoms with Crippen molar-refractivity contribution in [1.29, 1.82) is 0 Å². The molecule has 6 nitrogen and oxygen atoms in total. The number of pyridine rings is 1. The van der Waals surface area contributed by atoms with E-state index in [-0.39, 0.29) is 5.56 Å². The summed E-state index contributed by atoms with van der Waals surface area (Å²) in [5.74, 6) is -0.444. The molecule has 2 heterocycles. The zero-order chi connectivity index (χ0) is 15.0. The molecule has 1 aromatic heterocycles. The number of aromatic nitrogens is 1. The summed E-state index contributed by atoms with van der Waals surface area (Å²) in [6.45, 7) is 3.17. The van der Waals surface area contributed by atoms with Crippen LogP contribution in [0.15, 0.2) is 6.07 Å². The Bertz CT molecular complexity index is 553. The van der Waals surface area contributed by atoms with Crippen molar-refractivity contribution in [2.24, 2.45) is 5.73 Å². The van der Waals surface area contributed by atoms with Crippen molar-refractivity contribution in [3.8, 4) is 0 Å². The van der Waals surface area contributed by atoms with E-state index in [0.29, 0.717) is 17.7 Å². The molecule has 0 aromatic carbocycles. The summed E-state index contributed by atoms with van der Waals surface area (Å²) in [5.41, 5.74) is 5.44. The molecule has 114 valence electrons. The van der Waals surface area contributed by atoms with Crippen molar-refractivity contribution >= 4 is 17.5 Å². The Morgan fingerprint density at radius 3 is 2.62 bits per heavy atom. The standard InChI is InChI=1S/C14H20FN5O/c1-19-4-6-20(7-5-19)14-11(15)8-10(12(16)21)13(18-14)17-9-2-3-9/h8-9H,2-7H2,1H3,(H2,16,21)(H,17,18). The van der Waals surface area contributed by atoms with E-state index in [1.54, 1.807) is 0 Å². The van der Waals surface area contributed by atoms with Crippen molar-refractivity contribution < 1.29 is 9.18 Å². The molecule has 1 amide bonds. The first-order chi connectivity index (χ1) is 10.0. The number of halogens is 1. The van der Waals surface area contributed by atoms with Gasteiger partial charge in [-0.25, -0.2) is 9.37 Å². The molecule has 1 saturated carbocycles. The highest BCUT2D eigenvalue weighted by Gasteiger charge is 2.26. The maximum Gasteiger partial charge on any atom is 0.252 e. The van der Waals surface area contributed by atoms with Crippen LogP contribution in [-0.2, 0) is 0 Å². The molecule has 1 aliphatic heterocycles. The number of rotatable bonds is 4. The van der Waals surface area contributed by atoms with Crippen LogP contribution in [0.1, 0.15) is 23.2 Å². The molecule has 2 fully saturated rings. The Labute approximate surface area is 123 Å². The molecule has 7 heteroatoms. The summed E-state index contributed by atoms with van der Waals surface area (Å²) in [6, 6.07) is 1.52. The number of carbonyl (C=O) groups is 1. The Morgan fingerprint density at radius 2 is 2.05 bits per heavy atom. The van der Waals surface area contributed by atoms with Gasteiger partial charge >= 0.3 is 0 Å². The number of nitrogens with zero attached hydrogens (tertiary/aromatic N) is 3. The molecule has 0 atom stereocenters. The zero-order valence-corrected chi connectivity index (χ0v) is 12.1. The molecule has 0 unspecified atom stereocenters. The Hall–Kier alpha value is -1.89. The van der Waals surface area contributed by atoms with Gasteiger partial charge < -0.3 is 20.9 Å². The van der Waals surface area contributed by atoms with Crippen LogP contribution in [0.25, 0.3) is 0 Å². The van der Waals surface area contributed by atoms with Crippen LogP contribution in [-0.4, -0.2) is 55.1 Å². The Kier molecular flexibility index (Phi) is 3.67. The minimum atomic E-state index is -0.658. The van der Waals surface area contributed by atoms with E-state index >= 15 is 0 Å². The molecule has 0 bridgehead atoms. The van der Waals surface area contributed by atoms with Crippen LogP contribution in [0.4, 0.5) is 16.0 Å². The molecule has 0 radical (unpaired) electrons. The van der Waals surface area contributed by atoms with Gasteiger partial charge in [-0.15, -0.1) is 0 Å². The van der Waals surface area contributed by atoms with E-state index in [1.807, 2.05) is 11.9 Å².